The summed E-state index contributed by atoms with van der Waals surface area (Å²) in [6.45, 7) is 10.1. The zero-order valence-corrected chi connectivity index (χ0v) is 11.7. The minimum absolute atomic E-state index is 0.200. The summed E-state index contributed by atoms with van der Waals surface area (Å²) in [5.74, 6) is 0. The van der Waals surface area contributed by atoms with Crippen molar-refractivity contribution in [2.75, 3.05) is 33.7 Å². The third kappa shape index (κ3) is 3.72. The summed E-state index contributed by atoms with van der Waals surface area (Å²) in [5, 5.41) is 0. The highest BCUT2D eigenvalue weighted by Crippen LogP contribution is 2.21. The molecule has 1 aliphatic rings. The van der Waals surface area contributed by atoms with E-state index in [9.17, 15) is 0 Å². The molecule has 1 aliphatic heterocycles. The summed E-state index contributed by atoms with van der Waals surface area (Å²) in [6.07, 6.45) is 2.70. The second kappa shape index (κ2) is 5.48. The van der Waals surface area contributed by atoms with Gasteiger partial charge in [0.15, 0.2) is 0 Å². The average molecular weight is 227 g/mol. The van der Waals surface area contributed by atoms with Gasteiger partial charge in [-0.25, -0.2) is 0 Å². The van der Waals surface area contributed by atoms with E-state index < -0.39 is 0 Å². The van der Waals surface area contributed by atoms with E-state index in [1.54, 1.807) is 0 Å². The van der Waals surface area contributed by atoms with Crippen molar-refractivity contribution in [2.45, 2.75) is 45.7 Å². The molecule has 0 aromatic rings. The molecule has 2 atom stereocenters. The zero-order chi connectivity index (χ0) is 12.3. The maximum atomic E-state index is 6.02. The maximum Gasteiger partial charge on any atom is 0.0220 e. The Morgan fingerprint density at radius 3 is 2.56 bits per heavy atom. The second-order valence-electron chi connectivity index (χ2n) is 6.25. The van der Waals surface area contributed by atoms with E-state index in [0.717, 1.165) is 12.6 Å². The molecule has 2 unspecified atom stereocenters. The van der Waals surface area contributed by atoms with Gasteiger partial charge in [-0.05, 0) is 45.8 Å². The van der Waals surface area contributed by atoms with Gasteiger partial charge in [0.1, 0.15) is 0 Å². The van der Waals surface area contributed by atoms with Gasteiger partial charge in [-0.1, -0.05) is 13.8 Å². The lowest BCUT2D eigenvalue weighted by atomic mass is 9.85. The molecule has 2 N–H and O–H groups in total. The van der Waals surface area contributed by atoms with Crippen molar-refractivity contribution >= 4 is 0 Å². The summed E-state index contributed by atoms with van der Waals surface area (Å²) < 4.78 is 0. The lowest BCUT2D eigenvalue weighted by Crippen LogP contribution is -2.46. The normalized spacial score (nSPS) is 25.3. The molecule has 0 amide bonds. The number of likely N-dealkylation sites (N-methyl/N-ethyl adjacent to an activating group) is 2. The molecule has 0 spiro atoms. The molecule has 1 heterocycles. The number of nitrogens with two attached hydrogens (primary N) is 1. The van der Waals surface area contributed by atoms with Gasteiger partial charge in [-0.3, -0.25) is 0 Å². The van der Waals surface area contributed by atoms with E-state index in [-0.39, 0.29) is 11.5 Å². The first-order valence-corrected chi connectivity index (χ1v) is 6.47. The van der Waals surface area contributed by atoms with Crippen LogP contribution in [-0.2, 0) is 0 Å². The molecule has 0 bridgehead atoms. The van der Waals surface area contributed by atoms with Crippen molar-refractivity contribution in [3.63, 3.8) is 0 Å². The van der Waals surface area contributed by atoms with Crippen molar-refractivity contribution in [2.24, 2.45) is 11.1 Å². The number of hydrogen-bond acceptors (Lipinski definition) is 3. The van der Waals surface area contributed by atoms with Crippen LogP contribution in [0.1, 0.15) is 33.6 Å². The SMILES string of the molecule is CC(N)C(C)(C)CN(C)CC1CCCN1C. The summed E-state index contributed by atoms with van der Waals surface area (Å²) in [7, 11) is 4.46. The fraction of sp³-hybridized carbons (Fsp3) is 1.00. The molecule has 0 saturated carbocycles. The minimum atomic E-state index is 0.200. The highest BCUT2D eigenvalue weighted by atomic mass is 15.2. The van der Waals surface area contributed by atoms with Crippen LogP contribution < -0.4 is 5.73 Å². The number of nitrogens with zero attached hydrogens (tertiary/aromatic N) is 2. The van der Waals surface area contributed by atoms with Crippen LogP contribution in [0.3, 0.4) is 0 Å². The van der Waals surface area contributed by atoms with E-state index in [0.29, 0.717) is 0 Å². The van der Waals surface area contributed by atoms with Crippen LogP contribution in [0.25, 0.3) is 0 Å². The van der Waals surface area contributed by atoms with Crippen LogP contribution in [0.5, 0.6) is 0 Å². The Morgan fingerprint density at radius 2 is 2.12 bits per heavy atom. The molecule has 1 saturated heterocycles. The zero-order valence-electron chi connectivity index (χ0n) is 11.7. The van der Waals surface area contributed by atoms with Crippen LogP contribution >= 0.6 is 0 Å². The van der Waals surface area contributed by atoms with Crippen molar-refractivity contribution in [3.8, 4) is 0 Å². The Labute approximate surface area is 101 Å². The summed E-state index contributed by atoms with van der Waals surface area (Å²) >= 11 is 0. The fourth-order valence-corrected chi connectivity index (χ4v) is 2.47. The van der Waals surface area contributed by atoms with E-state index >= 15 is 0 Å². The quantitative estimate of drug-likeness (QED) is 0.770. The summed E-state index contributed by atoms with van der Waals surface area (Å²) in [4.78, 5) is 4.92. The van der Waals surface area contributed by atoms with Crippen LogP contribution in [0.2, 0.25) is 0 Å². The Hall–Kier alpha value is -0.120. The van der Waals surface area contributed by atoms with Crippen molar-refractivity contribution in [3.05, 3.63) is 0 Å². The van der Waals surface area contributed by atoms with Crippen molar-refractivity contribution in [1.29, 1.82) is 0 Å². The molecule has 1 rings (SSSR count). The molecule has 1 fully saturated rings. The monoisotopic (exact) mass is 227 g/mol. The van der Waals surface area contributed by atoms with E-state index in [2.05, 4.69) is 44.7 Å². The van der Waals surface area contributed by atoms with Gasteiger partial charge in [-0.15, -0.1) is 0 Å². The Kier molecular flexibility index (Phi) is 4.77. The molecule has 3 nitrogen and oxygen atoms in total. The molecule has 0 aromatic carbocycles. The van der Waals surface area contributed by atoms with Gasteiger partial charge in [0.05, 0.1) is 0 Å². The Bertz CT molecular complexity index is 213. The predicted octanol–water partition coefficient (Wildman–Crippen LogP) is 1.39. The van der Waals surface area contributed by atoms with Crippen LogP contribution in [0.4, 0.5) is 0 Å². The molecular formula is C13H29N3. The molecule has 3 heteroatoms. The molecular weight excluding hydrogens is 198 g/mol. The van der Waals surface area contributed by atoms with E-state index in [4.69, 9.17) is 5.73 Å². The Balaban J connectivity index is 2.38. The summed E-state index contributed by atoms with van der Waals surface area (Å²) in [5.41, 5.74) is 6.22. The third-order valence-corrected chi connectivity index (χ3v) is 4.10. The van der Waals surface area contributed by atoms with Gasteiger partial charge in [0, 0.05) is 25.2 Å². The second-order valence-corrected chi connectivity index (χ2v) is 6.25. The lowest BCUT2D eigenvalue weighted by Gasteiger charge is -2.35. The van der Waals surface area contributed by atoms with E-state index in [1.807, 2.05) is 0 Å². The highest BCUT2D eigenvalue weighted by Gasteiger charge is 2.27. The first kappa shape index (κ1) is 13.9. The number of hydrogen-bond donors (Lipinski definition) is 1. The Morgan fingerprint density at radius 1 is 1.50 bits per heavy atom. The van der Waals surface area contributed by atoms with Crippen LogP contribution in [0.15, 0.2) is 0 Å². The topological polar surface area (TPSA) is 32.5 Å². The third-order valence-electron chi connectivity index (χ3n) is 4.10. The predicted molar refractivity (Wildman–Crippen MR) is 70.6 cm³/mol. The van der Waals surface area contributed by atoms with Crippen molar-refractivity contribution in [1.82, 2.24) is 9.80 Å². The van der Waals surface area contributed by atoms with Gasteiger partial charge in [-0.2, -0.15) is 0 Å². The molecule has 96 valence electrons. The first-order chi connectivity index (χ1) is 7.33. The number of rotatable bonds is 5. The molecule has 0 radical (unpaired) electrons. The minimum Gasteiger partial charge on any atom is -0.327 e. The van der Waals surface area contributed by atoms with Crippen LogP contribution in [-0.4, -0.2) is 55.6 Å². The largest absolute Gasteiger partial charge is 0.327 e. The fourth-order valence-electron chi connectivity index (χ4n) is 2.47. The van der Waals surface area contributed by atoms with Gasteiger partial charge < -0.3 is 15.5 Å². The first-order valence-electron chi connectivity index (χ1n) is 6.47. The summed E-state index contributed by atoms with van der Waals surface area (Å²) in [6, 6.07) is 0.991. The molecule has 16 heavy (non-hydrogen) atoms. The van der Waals surface area contributed by atoms with Gasteiger partial charge >= 0.3 is 0 Å². The standard InChI is InChI=1S/C13H29N3/c1-11(14)13(2,3)10-15(4)9-12-7-6-8-16(12)5/h11-12H,6-10,14H2,1-5H3. The number of likely N-dealkylation sites (tertiary alicyclic amines) is 1. The van der Waals surface area contributed by atoms with Crippen molar-refractivity contribution < 1.29 is 0 Å². The highest BCUT2D eigenvalue weighted by molar-refractivity contribution is 4.84. The molecule has 0 aliphatic carbocycles. The van der Waals surface area contributed by atoms with Gasteiger partial charge in [0.25, 0.3) is 0 Å². The smallest absolute Gasteiger partial charge is 0.0220 e. The molecule has 0 aromatic heterocycles. The average Bonchev–Trinajstić information content (AvgIpc) is 2.50. The maximum absolute atomic E-state index is 6.02. The van der Waals surface area contributed by atoms with Gasteiger partial charge in [0.2, 0.25) is 0 Å². The van der Waals surface area contributed by atoms with E-state index in [1.165, 1.54) is 25.9 Å². The lowest BCUT2D eigenvalue weighted by molar-refractivity contribution is 0.150. The van der Waals surface area contributed by atoms with Crippen LogP contribution in [0, 0.1) is 5.41 Å².